The molecule has 3 fully saturated rings. The predicted molar refractivity (Wildman–Crippen MR) is 105 cm³/mol. The normalized spacial score (nSPS) is 30.2. The average molecular weight is 383 g/mol. The maximum Gasteiger partial charge on any atom is 0.257 e. The first-order valence-electron chi connectivity index (χ1n) is 10.5. The van der Waals surface area contributed by atoms with Crippen molar-refractivity contribution in [3.8, 4) is 0 Å². The van der Waals surface area contributed by atoms with Gasteiger partial charge in [-0.1, -0.05) is 0 Å². The first-order chi connectivity index (χ1) is 13.6. The van der Waals surface area contributed by atoms with Gasteiger partial charge in [-0.15, -0.1) is 10.2 Å². The third-order valence-electron chi connectivity index (χ3n) is 6.83. The van der Waals surface area contributed by atoms with E-state index in [2.05, 4.69) is 29.2 Å². The molecule has 0 radical (unpaired) electrons. The van der Waals surface area contributed by atoms with Gasteiger partial charge < -0.3 is 14.5 Å². The Balaban J connectivity index is 1.31. The van der Waals surface area contributed by atoms with E-state index >= 15 is 0 Å². The van der Waals surface area contributed by atoms with Gasteiger partial charge in [-0.3, -0.25) is 9.20 Å². The highest BCUT2D eigenvalue weighted by Crippen LogP contribution is 2.40. The second-order valence-corrected chi connectivity index (χ2v) is 9.03. The van der Waals surface area contributed by atoms with E-state index in [1.807, 2.05) is 23.2 Å². The summed E-state index contributed by atoms with van der Waals surface area (Å²) in [4.78, 5) is 17.6. The molecule has 0 aromatic carbocycles. The lowest BCUT2D eigenvalue weighted by Gasteiger charge is -2.41. The summed E-state index contributed by atoms with van der Waals surface area (Å²) in [6.07, 6.45) is 8.60. The second-order valence-electron chi connectivity index (χ2n) is 9.03. The van der Waals surface area contributed by atoms with E-state index in [0.717, 1.165) is 38.5 Å². The van der Waals surface area contributed by atoms with Crippen LogP contribution in [0, 0.1) is 17.8 Å². The van der Waals surface area contributed by atoms with Gasteiger partial charge in [-0.25, -0.2) is 0 Å². The van der Waals surface area contributed by atoms with Gasteiger partial charge in [0.15, 0.2) is 5.65 Å². The molecule has 1 aliphatic heterocycles. The van der Waals surface area contributed by atoms with Crippen molar-refractivity contribution >= 4 is 11.6 Å². The average Bonchev–Trinajstić information content (AvgIpc) is 3.23. The lowest BCUT2D eigenvalue weighted by atomic mass is 9.77. The number of aromatic nitrogens is 3. The number of hydrogen-bond acceptors (Lipinski definition) is 5. The summed E-state index contributed by atoms with van der Waals surface area (Å²) >= 11 is 0. The van der Waals surface area contributed by atoms with E-state index in [4.69, 9.17) is 4.74 Å². The Morgan fingerprint density at radius 2 is 2.04 bits per heavy atom. The highest BCUT2D eigenvalue weighted by Gasteiger charge is 2.45. The van der Waals surface area contributed by atoms with Gasteiger partial charge in [0.25, 0.3) is 5.91 Å². The van der Waals surface area contributed by atoms with Crippen LogP contribution in [-0.4, -0.2) is 76.2 Å². The van der Waals surface area contributed by atoms with Gasteiger partial charge in [0, 0.05) is 31.9 Å². The molecule has 0 bridgehead atoms. The number of nitrogens with zero attached hydrogens (tertiary/aromatic N) is 5. The largest absolute Gasteiger partial charge is 0.376 e. The number of hydrogen-bond donors (Lipinski definition) is 0. The number of likely N-dealkylation sites (N-methyl/N-ethyl adjacent to an activating group) is 1. The number of rotatable bonds is 5. The molecule has 1 amide bonds. The van der Waals surface area contributed by atoms with E-state index in [9.17, 15) is 4.79 Å². The van der Waals surface area contributed by atoms with Crippen molar-refractivity contribution in [3.05, 3.63) is 30.2 Å². The molecule has 2 aliphatic carbocycles. The number of carbonyl (C=O) groups excluding carboxylic acids is 1. The topological polar surface area (TPSA) is 63.0 Å². The number of pyridine rings is 1. The van der Waals surface area contributed by atoms with Crippen molar-refractivity contribution in [1.29, 1.82) is 0 Å². The number of carbonyl (C=O) groups is 1. The third kappa shape index (κ3) is 3.31. The number of ether oxygens (including phenoxy) is 1. The standard InChI is InChI=1S/C21H29N5O2/c1-24(2)18-8-15-10-26(11-16(15)9-19(18)28-12-14-5-6-14)21(27)17-4-3-7-25-13-22-23-20(17)25/h3-4,7,13-16,18-19H,5-6,8-12H2,1-2H3/t15-,16+,18-,19-/m1/s1. The van der Waals surface area contributed by atoms with Gasteiger partial charge in [0.2, 0.25) is 0 Å². The van der Waals surface area contributed by atoms with E-state index in [1.165, 1.54) is 12.8 Å². The zero-order valence-electron chi connectivity index (χ0n) is 16.7. The zero-order valence-corrected chi connectivity index (χ0v) is 16.7. The molecule has 1 saturated heterocycles. The van der Waals surface area contributed by atoms with Crippen LogP contribution in [0.2, 0.25) is 0 Å². The Hall–Kier alpha value is -1.99. The van der Waals surface area contributed by atoms with Crippen LogP contribution in [0.3, 0.4) is 0 Å². The molecule has 28 heavy (non-hydrogen) atoms. The molecule has 2 aromatic rings. The van der Waals surface area contributed by atoms with Crippen molar-refractivity contribution in [3.63, 3.8) is 0 Å². The summed E-state index contributed by atoms with van der Waals surface area (Å²) < 4.78 is 8.16. The van der Waals surface area contributed by atoms with E-state index < -0.39 is 0 Å². The summed E-state index contributed by atoms with van der Waals surface area (Å²) in [5.41, 5.74) is 1.28. The Labute approximate surface area is 165 Å². The second kappa shape index (κ2) is 7.12. The molecular weight excluding hydrogens is 354 g/mol. The molecule has 2 aromatic heterocycles. The zero-order chi connectivity index (χ0) is 19.3. The lowest BCUT2D eigenvalue weighted by molar-refractivity contribution is -0.0493. The smallest absolute Gasteiger partial charge is 0.257 e. The quantitative estimate of drug-likeness (QED) is 0.790. The molecule has 3 aliphatic rings. The molecule has 4 atom stereocenters. The Morgan fingerprint density at radius 3 is 2.79 bits per heavy atom. The minimum absolute atomic E-state index is 0.0739. The van der Waals surface area contributed by atoms with Gasteiger partial charge >= 0.3 is 0 Å². The molecule has 2 saturated carbocycles. The van der Waals surface area contributed by atoms with Crippen molar-refractivity contribution in [2.75, 3.05) is 33.8 Å². The minimum atomic E-state index is 0.0739. The van der Waals surface area contributed by atoms with Gasteiger partial charge in [-0.2, -0.15) is 0 Å². The first-order valence-corrected chi connectivity index (χ1v) is 10.5. The monoisotopic (exact) mass is 383 g/mol. The van der Waals surface area contributed by atoms with Crippen LogP contribution < -0.4 is 0 Å². The van der Waals surface area contributed by atoms with Crippen LogP contribution in [0.4, 0.5) is 0 Å². The van der Waals surface area contributed by atoms with E-state index in [1.54, 1.807) is 10.7 Å². The Kier molecular flexibility index (Phi) is 4.59. The third-order valence-corrected chi connectivity index (χ3v) is 6.83. The highest BCUT2D eigenvalue weighted by molar-refractivity contribution is 5.99. The fourth-order valence-corrected chi connectivity index (χ4v) is 5.01. The fourth-order valence-electron chi connectivity index (χ4n) is 5.01. The van der Waals surface area contributed by atoms with Crippen molar-refractivity contribution in [1.82, 2.24) is 24.4 Å². The van der Waals surface area contributed by atoms with E-state index in [-0.39, 0.29) is 12.0 Å². The maximum absolute atomic E-state index is 13.2. The molecule has 0 N–H and O–H groups in total. The lowest BCUT2D eigenvalue weighted by Crippen LogP contribution is -2.48. The van der Waals surface area contributed by atoms with Gasteiger partial charge in [0.05, 0.1) is 11.7 Å². The number of likely N-dealkylation sites (tertiary alicyclic amines) is 1. The molecule has 5 rings (SSSR count). The van der Waals surface area contributed by atoms with Crippen molar-refractivity contribution in [2.24, 2.45) is 17.8 Å². The molecule has 0 spiro atoms. The van der Waals surface area contributed by atoms with Gasteiger partial charge in [0.1, 0.15) is 6.33 Å². The molecule has 0 unspecified atom stereocenters. The summed E-state index contributed by atoms with van der Waals surface area (Å²) in [7, 11) is 4.31. The van der Waals surface area contributed by atoms with Crippen molar-refractivity contribution < 1.29 is 9.53 Å². The summed E-state index contributed by atoms with van der Waals surface area (Å²) in [5.74, 6) is 1.94. The van der Waals surface area contributed by atoms with Crippen LogP contribution in [-0.2, 0) is 4.74 Å². The molecule has 150 valence electrons. The maximum atomic E-state index is 13.2. The SMILES string of the molecule is CN(C)[C@@H]1C[C@@H]2CN(C(=O)c3cccn4cnnc34)C[C@@H]2C[C@H]1OCC1CC1. The highest BCUT2D eigenvalue weighted by atomic mass is 16.5. The summed E-state index contributed by atoms with van der Waals surface area (Å²) in [6, 6.07) is 4.18. The van der Waals surface area contributed by atoms with Crippen LogP contribution in [0.1, 0.15) is 36.0 Å². The van der Waals surface area contributed by atoms with Crippen LogP contribution in [0.5, 0.6) is 0 Å². The molecule has 7 nitrogen and oxygen atoms in total. The first kappa shape index (κ1) is 18.1. The molecule has 7 heteroatoms. The predicted octanol–water partition coefficient (Wildman–Crippen LogP) is 1.94. The fraction of sp³-hybridized carbons (Fsp3) is 0.667. The molecular formula is C21H29N5O2. The Bertz CT molecular complexity index is 861. The van der Waals surface area contributed by atoms with Crippen LogP contribution in [0.15, 0.2) is 24.7 Å². The minimum Gasteiger partial charge on any atom is -0.376 e. The number of fused-ring (bicyclic) bond motifs is 2. The Morgan fingerprint density at radius 1 is 1.25 bits per heavy atom. The van der Waals surface area contributed by atoms with Crippen molar-refractivity contribution in [2.45, 2.75) is 37.8 Å². The van der Waals surface area contributed by atoms with E-state index in [0.29, 0.717) is 29.1 Å². The van der Waals surface area contributed by atoms with Gasteiger partial charge in [-0.05, 0) is 69.7 Å². The van der Waals surface area contributed by atoms with Crippen LogP contribution >= 0.6 is 0 Å². The molecule has 3 heterocycles. The summed E-state index contributed by atoms with van der Waals surface area (Å²) in [5, 5.41) is 8.08. The van der Waals surface area contributed by atoms with Crippen LogP contribution in [0.25, 0.3) is 5.65 Å². The summed E-state index contributed by atoms with van der Waals surface area (Å²) in [6.45, 7) is 2.56. The number of amides is 1.